The summed E-state index contributed by atoms with van der Waals surface area (Å²) in [6.45, 7) is 10.9. The van der Waals surface area contributed by atoms with Crippen LogP contribution in [-0.2, 0) is 13.1 Å². The lowest BCUT2D eigenvalue weighted by Gasteiger charge is -2.20. The van der Waals surface area contributed by atoms with Gasteiger partial charge in [0.05, 0.1) is 0 Å². The first-order valence-electron chi connectivity index (χ1n) is 7.41. The van der Waals surface area contributed by atoms with E-state index in [-0.39, 0.29) is 5.82 Å². The first kappa shape index (κ1) is 16.1. The number of nitrogens with one attached hydrogen (secondary N) is 1. The molecule has 0 radical (unpaired) electrons. The van der Waals surface area contributed by atoms with Gasteiger partial charge < -0.3 is 5.32 Å². The summed E-state index contributed by atoms with van der Waals surface area (Å²) in [6.07, 6.45) is 2.35. The maximum Gasteiger partial charge on any atom is 0.127 e. The van der Waals surface area contributed by atoms with Crippen molar-refractivity contribution in [1.82, 2.24) is 10.2 Å². The zero-order chi connectivity index (χ0) is 14.1. The van der Waals surface area contributed by atoms with Gasteiger partial charge in [0.1, 0.15) is 5.82 Å². The van der Waals surface area contributed by atoms with Crippen LogP contribution in [0.4, 0.5) is 4.39 Å². The van der Waals surface area contributed by atoms with Gasteiger partial charge in [-0.3, -0.25) is 4.90 Å². The van der Waals surface area contributed by atoms with Crippen molar-refractivity contribution in [2.24, 2.45) is 0 Å². The van der Waals surface area contributed by atoms with Gasteiger partial charge in [-0.15, -0.1) is 0 Å². The second-order valence-electron chi connectivity index (χ2n) is 4.93. The zero-order valence-electron chi connectivity index (χ0n) is 12.5. The van der Waals surface area contributed by atoms with Crippen LogP contribution in [0.15, 0.2) is 18.2 Å². The minimum Gasteiger partial charge on any atom is -0.313 e. The molecule has 0 spiro atoms. The Hall–Kier alpha value is -0.930. The van der Waals surface area contributed by atoms with Gasteiger partial charge in [-0.2, -0.15) is 0 Å². The fourth-order valence-electron chi connectivity index (χ4n) is 2.10. The molecule has 0 bridgehead atoms. The van der Waals surface area contributed by atoms with Gasteiger partial charge in [0.2, 0.25) is 0 Å². The van der Waals surface area contributed by atoms with Gasteiger partial charge in [0.15, 0.2) is 0 Å². The Labute approximate surface area is 117 Å². The molecule has 19 heavy (non-hydrogen) atoms. The molecule has 0 aliphatic carbocycles. The first-order valence-corrected chi connectivity index (χ1v) is 7.41. The lowest BCUT2D eigenvalue weighted by Crippen LogP contribution is -2.24. The van der Waals surface area contributed by atoms with Crippen molar-refractivity contribution in [3.63, 3.8) is 0 Å². The van der Waals surface area contributed by atoms with E-state index in [2.05, 4.69) is 31.0 Å². The molecule has 0 amide bonds. The van der Waals surface area contributed by atoms with Crippen molar-refractivity contribution in [2.45, 2.75) is 46.7 Å². The molecule has 0 aliphatic heterocycles. The van der Waals surface area contributed by atoms with E-state index >= 15 is 0 Å². The van der Waals surface area contributed by atoms with E-state index < -0.39 is 0 Å². The molecule has 1 aromatic carbocycles. The van der Waals surface area contributed by atoms with E-state index in [9.17, 15) is 4.39 Å². The fourth-order valence-corrected chi connectivity index (χ4v) is 2.10. The molecule has 0 aliphatic rings. The number of hydrogen-bond donors (Lipinski definition) is 1. The average molecular weight is 266 g/mol. The summed E-state index contributed by atoms with van der Waals surface area (Å²) in [7, 11) is 0. The number of benzene rings is 1. The summed E-state index contributed by atoms with van der Waals surface area (Å²) in [5, 5.41) is 3.28. The van der Waals surface area contributed by atoms with Crippen LogP contribution in [-0.4, -0.2) is 24.5 Å². The SMILES string of the molecule is CCCCN(CC)Cc1cc(CNCC)ccc1F. The van der Waals surface area contributed by atoms with E-state index in [4.69, 9.17) is 0 Å². The number of nitrogens with zero attached hydrogens (tertiary/aromatic N) is 1. The Balaban J connectivity index is 2.68. The normalized spacial score (nSPS) is 11.2. The number of hydrogen-bond acceptors (Lipinski definition) is 2. The van der Waals surface area contributed by atoms with E-state index in [0.29, 0.717) is 6.54 Å². The second kappa shape index (κ2) is 9.05. The predicted molar refractivity (Wildman–Crippen MR) is 79.6 cm³/mol. The van der Waals surface area contributed by atoms with E-state index in [1.807, 2.05) is 12.1 Å². The van der Waals surface area contributed by atoms with E-state index in [0.717, 1.165) is 37.3 Å². The molecule has 3 heteroatoms. The molecule has 2 nitrogen and oxygen atoms in total. The molecule has 1 N–H and O–H groups in total. The maximum absolute atomic E-state index is 13.9. The summed E-state index contributed by atoms with van der Waals surface area (Å²) < 4.78 is 13.9. The maximum atomic E-state index is 13.9. The predicted octanol–water partition coefficient (Wildman–Crippen LogP) is 3.56. The number of halogens is 1. The largest absolute Gasteiger partial charge is 0.313 e. The Kier molecular flexibility index (Phi) is 7.68. The quantitative estimate of drug-likeness (QED) is 0.735. The van der Waals surface area contributed by atoms with Crippen molar-refractivity contribution in [1.29, 1.82) is 0 Å². The standard InChI is InChI=1S/C16H27FN2/c1-4-7-10-19(6-3)13-15-11-14(12-18-5-2)8-9-16(15)17/h8-9,11,18H,4-7,10,12-13H2,1-3H3. The van der Waals surface area contributed by atoms with Gasteiger partial charge in [0, 0.05) is 18.7 Å². The average Bonchev–Trinajstić information content (AvgIpc) is 2.43. The lowest BCUT2D eigenvalue weighted by atomic mass is 10.1. The highest BCUT2D eigenvalue weighted by Crippen LogP contribution is 2.14. The monoisotopic (exact) mass is 266 g/mol. The van der Waals surface area contributed by atoms with Gasteiger partial charge >= 0.3 is 0 Å². The molecule has 1 rings (SSSR count). The van der Waals surface area contributed by atoms with Crippen molar-refractivity contribution in [3.8, 4) is 0 Å². The molecule has 0 aromatic heterocycles. The summed E-state index contributed by atoms with van der Waals surface area (Å²) in [5.41, 5.74) is 1.97. The molecule has 108 valence electrons. The van der Waals surface area contributed by atoms with E-state index in [1.165, 1.54) is 12.8 Å². The van der Waals surface area contributed by atoms with Crippen LogP contribution in [0.2, 0.25) is 0 Å². The van der Waals surface area contributed by atoms with Crippen LogP contribution in [0.5, 0.6) is 0 Å². The van der Waals surface area contributed by atoms with E-state index in [1.54, 1.807) is 6.07 Å². The Morgan fingerprint density at radius 3 is 2.63 bits per heavy atom. The third-order valence-corrected chi connectivity index (χ3v) is 3.36. The number of unbranched alkanes of at least 4 members (excludes halogenated alkanes) is 1. The fraction of sp³-hybridized carbons (Fsp3) is 0.625. The van der Waals surface area contributed by atoms with Gasteiger partial charge in [-0.25, -0.2) is 4.39 Å². The van der Waals surface area contributed by atoms with Crippen LogP contribution in [0.3, 0.4) is 0 Å². The molecule has 0 unspecified atom stereocenters. The van der Waals surface area contributed by atoms with Crippen LogP contribution in [0.25, 0.3) is 0 Å². The minimum absolute atomic E-state index is 0.0878. The summed E-state index contributed by atoms with van der Waals surface area (Å²) >= 11 is 0. The minimum atomic E-state index is -0.0878. The highest BCUT2D eigenvalue weighted by atomic mass is 19.1. The molecule has 1 aromatic rings. The van der Waals surface area contributed by atoms with Crippen LogP contribution in [0.1, 0.15) is 44.7 Å². The highest BCUT2D eigenvalue weighted by molar-refractivity contribution is 5.25. The van der Waals surface area contributed by atoms with Crippen LogP contribution < -0.4 is 5.32 Å². The van der Waals surface area contributed by atoms with Crippen molar-refractivity contribution in [3.05, 3.63) is 35.1 Å². The van der Waals surface area contributed by atoms with Gasteiger partial charge in [-0.1, -0.05) is 39.3 Å². The van der Waals surface area contributed by atoms with Gasteiger partial charge in [-0.05, 0) is 37.7 Å². The Morgan fingerprint density at radius 2 is 2.00 bits per heavy atom. The lowest BCUT2D eigenvalue weighted by molar-refractivity contribution is 0.271. The molecular formula is C16H27FN2. The van der Waals surface area contributed by atoms with Crippen molar-refractivity contribution >= 4 is 0 Å². The highest BCUT2D eigenvalue weighted by Gasteiger charge is 2.08. The molecule has 0 fully saturated rings. The third kappa shape index (κ3) is 5.70. The smallest absolute Gasteiger partial charge is 0.127 e. The third-order valence-electron chi connectivity index (χ3n) is 3.36. The second-order valence-corrected chi connectivity index (χ2v) is 4.93. The molecule has 0 saturated carbocycles. The molecule has 0 atom stereocenters. The first-order chi connectivity index (χ1) is 9.21. The Morgan fingerprint density at radius 1 is 1.21 bits per heavy atom. The van der Waals surface area contributed by atoms with Crippen molar-refractivity contribution in [2.75, 3.05) is 19.6 Å². The number of rotatable bonds is 9. The summed E-state index contributed by atoms with van der Waals surface area (Å²) in [4.78, 5) is 2.30. The van der Waals surface area contributed by atoms with Crippen LogP contribution in [0, 0.1) is 5.82 Å². The van der Waals surface area contributed by atoms with Crippen molar-refractivity contribution < 1.29 is 4.39 Å². The summed E-state index contributed by atoms with van der Waals surface area (Å²) in [6, 6.07) is 5.45. The molecule has 0 heterocycles. The molecule has 0 saturated heterocycles. The summed E-state index contributed by atoms with van der Waals surface area (Å²) in [5.74, 6) is -0.0878. The van der Waals surface area contributed by atoms with Gasteiger partial charge in [0.25, 0.3) is 0 Å². The molecular weight excluding hydrogens is 239 g/mol. The van der Waals surface area contributed by atoms with Crippen LogP contribution >= 0.6 is 0 Å². The topological polar surface area (TPSA) is 15.3 Å². The zero-order valence-corrected chi connectivity index (χ0v) is 12.5. The Bertz CT molecular complexity index is 366.